The van der Waals surface area contributed by atoms with Gasteiger partial charge in [0, 0.05) is 31.6 Å². The zero-order valence-corrected chi connectivity index (χ0v) is 17.5. The number of hydrogen-bond acceptors (Lipinski definition) is 5. The van der Waals surface area contributed by atoms with Crippen LogP contribution in [-0.2, 0) is 17.8 Å². The van der Waals surface area contributed by atoms with Crippen molar-refractivity contribution in [2.75, 3.05) is 13.1 Å². The molecule has 1 saturated carbocycles. The summed E-state index contributed by atoms with van der Waals surface area (Å²) in [5, 5.41) is 3.20. The first-order valence-corrected chi connectivity index (χ1v) is 11.0. The maximum absolute atomic E-state index is 12.5. The highest BCUT2D eigenvalue weighted by molar-refractivity contribution is 5.77. The first-order chi connectivity index (χ1) is 15.1. The molecule has 5 rings (SSSR count). The van der Waals surface area contributed by atoms with Gasteiger partial charge in [-0.2, -0.15) is 0 Å². The molecule has 1 aliphatic heterocycles. The third-order valence-corrected chi connectivity index (χ3v) is 6.75. The predicted octanol–water partition coefficient (Wildman–Crippen LogP) is 2.42. The van der Waals surface area contributed by atoms with Crippen molar-refractivity contribution in [1.29, 1.82) is 0 Å². The normalized spacial score (nSPS) is 20.1. The van der Waals surface area contributed by atoms with Gasteiger partial charge in [-0.15, -0.1) is 0 Å². The summed E-state index contributed by atoms with van der Waals surface area (Å²) in [6.45, 7) is 2.97. The zero-order valence-electron chi connectivity index (χ0n) is 17.5. The van der Waals surface area contributed by atoms with Gasteiger partial charge < -0.3 is 10.3 Å². The summed E-state index contributed by atoms with van der Waals surface area (Å²) >= 11 is 0. The van der Waals surface area contributed by atoms with Crippen LogP contribution < -0.4 is 10.9 Å². The summed E-state index contributed by atoms with van der Waals surface area (Å²) < 4.78 is 0. The van der Waals surface area contributed by atoms with Gasteiger partial charge in [-0.05, 0) is 62.0 Å². The third kappa shape index (κ3) is 4.37. The molecule has 2 N–H and O–H groups in total. The van der Waals surface area contributed by atoms with Crippen LogP contribution >= 0.6 is 0 Å². The molecule has 3 aromatic rings. The molecule has 1 saturated heterocycles. The largest absolute Gasteiger partial charge is 0.353 e. The number of nitrogens with zero attached hydrogens (tertiary/aromatic N) is 3. The molecule has 0 bridgehead atoms. The number of amides is 1. The highest BCUT2D eigenvalue weighted by Gasteiger charge is 2.55. The lowest BCUT2D eigenvalue weighted by Gasteiger charge is -2.32. The molecule has 1 aliphatic carbocycles. The number of aromatic amines is 1. The quantitative estimate of drug-likeness (QED) is 0.643. The highest BCUT2D eigenvalue weighted by Crippen LogP contribution is 2.54. The topological polar surface area (TPSA) is 91.0 Å². The van der Waals surface area contributed by atoms with Crippen molar-refractivity contribution in [2.45, 2.75) is 44.7 Å². The SMILES string of the molecule is O=C(CCc1nc2ccccc2[nH]c1=O)NC1CC12CCN(Cc1ccccn1)CC2. The van der Waals surface area contributed by atoms with E-state index in [1.165, 1.54) is 0 Å². The first-order valence-electron chi connectivity index (χ1n) is 11.0. The van der Waals surface area contributed by atoms with Gasteiger partial charge >= 0.3 is 0 Å². The van der Waals surface area contributed by atoms with Gasteiger partial charge in [0.1, 0.15) is 5.69 Å². The Balaban J connectivity index is 1.10. The molecule has 7 heteroatoms. The smallest absolute Gasteiger partial charge is 0.270 e. The van der Waals surface area contributed by atoms with Crippen LogP contribution in [0.25, 0.3) is 11.0 Å². The van der Waals surface area contributed by atoms with E-state index in [0.29, 0.717) is 12.1 Å². The van der Waals surface area contributed by atoms with Gasteiger partial charge in [0.25, 0.3) is 5.56 Å². The molecular formula is C24H27N5O2. The number of para-hydroxylation sites is 2. The Morgan fingerprint density at radius 2 is 1.97 bits per heavy atom. The number of carbonyl (C=O) groups excluding carboxylic acids is 1. The molecular weight excluding hydrogens is 390 g/mol. The van der Waals surface area contributed by atoms with E-state index in [2.05, 4.69) is 31.2 Å². The number of aryl methyl sites for hydroxylation is 1. The monoisotopic (exact) mass is 417 g/mol. The van der Waals surface area contributed by atoms with E-state index in [0.717, 1.165) is 55.6 Å². The number of piperidine rings is 1. The minimum Gasteiger partial charge on any atom is -0.353 e. The van der Waals surface area contributed by atoms with Crippen LogP contribution in [0.1, 0.15) is 37.1 Å². The van der Waals surface area contributed by atoms with E-state index in [4.69, 9.17) is 0 Å². The fraction of sp³-hybridized carbons (Fsp3) is 0.417. The second kappa shape index (κ2) is 8.23. The molecule has 31 heavy (non-hydrogen) atoms. The maximum Gasteiger partial charge on any atom is 0.270 e. The lowest BCUT2D eigenvalue weighted by molar-refractivity contribution is -0.121. The van der Waals surface area contributed by atoms with Crippen LogP contribution in [0.2, 0.25) is 0 Å². The van der Waals surface area contributed by atoms with Crippen molar-refractivity contribution in [3.63, 3.8) is 0 Å². The van der Waals surface area contributed by atoms with Gasteiger partial charge in [0.2, 0.25) is 5.91 Å². The van der Waals surface area contributed by atoms with Gasteiger partial charge in [-0.1, -0.05) is 18.2 Å². The van der Waals surface area contributed by atoms with Crippen molar-refractivity contribution >= 4 is 16.9 Å². The Morgan fingerprint density at radius 1 is 1.16 bits per heavy atom. The number of likely N-dealkylation sites (tertiary alicyclic amines) is 1. The molecule has 1 atom stereocenters. The van der Waals surface area contributed by atoms with E-state index in [1.54, 1.807) is 0 Å². The number of aromatic nitrogens is 3. The lowest BCUT2D eigenvalue weighted by atomic mass is 9.92. The van der Waals surface area contributed by atoms with Gasteiger partial charge in [0.05, 0.1) is 16.7 Å². The van der Waals surface area contributed by atoms with Gasteiger partial charge in [-0.25, -0.2) is 4.98 Å². The maximum atomic E-state index is 12.5. The molecule has 2 fully saturated rings. The van der Waals surface area contributed by atoms with Gasteiger partial charge in [0.15, 0.2) is 0 Å². The number of pyridine rings is 1. The molecule has 2 aliphatic rings. The van der Waals surface area contributed by atoms with E-state index in [1.807, 2.05) is 42.6 Å². The van der Waals surface area contributed by atoms with Gasteiger partial charge in [-0.3, -0.25) is 19.5 Å². The van der Waals surface area contributed by atoms with Crippen molar-refractivity contribution in [3.8, 4) is 0 Å². The Hall–Kier alpha value is -3.06. The van der Waals surface area contributed by atoms with Crippen molar-refractivity contribution in [2.24, 2.45) is 5.41 Å². The lowest BCUT2D eigenvalue weighted by Crippen LogP contribution is -2.38. The third-order valence-electron chi connectivity index (χ3n) is 6.75. The second-order valence-electron chi connectivity index (χ2n) is 8.81. The fourth-order valence-electron chi connectivity index (χ4n) is 4.72. The number of fused-ring (bicyclic) bond motifs is 1. The van der Waals surface area contributed by atoms with E-state index in [-0.39, 0.29) is 29.3 Å². The van der Waals surface area contributed by atoms with E-state index >= 15 is 0 Å². The molecule has 3 heterocycles. The predicted molar refractivity (Wildman–Crippen MR) is 118 cm³/mol. The average molecular weight is 418 g/mol. The zero-order chi connectivity index (χ0) is 21.3. The summed E-state index contributed by atoms with van der Waals surface area (Å²) in [4.78, 5) is 38.9. The van der Waals surface area contributed by atoms with Crippen molar-refractivity contribution in [1.82, 2.24) is 25.2 Å². The van der Waals surface area contributed by atoms with Crippen molar-refractivity contribution in [3.05, 3.63) is 70.4 Å². The van der Waals surface area contributed by atoms with Crippen LogP contribution in [0, 0.1) is 5.41 Å². The number of rotatable bonds is 6. The minimum absolute atomic E-state index is 0.00662. The van der Waals surface area contributed by atoms with Crippen LogP contribution in [0.4, 0.5) is 0 Å². The Bertz CT molecular complexity index is 1140. The Labute approximate surface area is 180 Å². The molecule has 1 amide bonds. The molecule has 0 radical (unpaired) electrons. The highest BCUT2D eigenvalue weighted by atomic mass is 16.1. The number of benzene rings is 1. The Kier molecular flexibility index (Phi) is 5.28. The number of hydrogen-bond donors (Lipinski definition) is 2. The van der Waals surface area contributed by atoms with E-state index < -0.39 is 0 Å². The fourth-order valence-corrected chi connectivity index (χ4v) is 4.72. The second-order valence-corrected chi connectivity index (χ2v) is 8.81. The molecule has 2 aromatic heterocycles. The molecule has 160 valence electrons. The number of H-pyrrole nitrogens is 1. The average Bonchev–Trinajstić information content (AvgIpc) is 3.45. The van der Waals surface area contributed by atoms with Crippen LogP contribution in [-0.4, -0.2) is 44.9 Å². The summed E-state index contributed by atoms with van der Waals surface area (Å²) in [5.74, 6) is 0.00662. The molecule has 1 spiro atoms. The molecule has 1 unspecified atom stereocenters. The molecule has 7 nitrogen and oxygen atoms in total. The summed E-state index contributed by atoms with van der Waals surface area (Å²) in [7, 11) is 0. The first kappa shape index (κ1) is 19.9. The van der Waals surface area contributed by atoms with Crippen LogP contribution in [0.3, 0.4) is 0 Å². The summed E-state index contributed by atoms with van der Waals surface area (Å²) in [6, 6.07) is 13.7. The summed E-state index contributed by atoms with van der Waals surface area (Å²) in [5.41, 5.74) is 3.04. The number of carbonyl (C=O) groups is 1. The minimum atomic E-state index is -0.213. The van der Waals surface area contributed by atoms with E-state index in [9.17, 15) is 9.59 Å². The number of nitrogens with one attached hydrogen (secondary N) is 2. The standard InChI is InChI=1S/C24H27N5O2/c30-22(9-8-20-23(31)27-19-7-2-1-6-18(19)26-20)28-21-15-24(21)10-13-29(14-11-24)16-17-5-3-4-12-25-17/h1-7,12,21H,8-11,13-16H2,(H,27,31)(H,28,30). The van der Waals surface area contributed by atoms with Crippen LogP contribution in [0.15, 0.2) is 53.5 Å². The van der Waals surface area contributed by atoms with Crippen molar-refractivity contribution < 1.29 is 4.79 Å². The summed E-state index contributed by atoms with van der Waals surface area (Å²) in [6.07, 6.45) is 5.75. The molecule has 1 aromatic carbocycles. The Morgan fingerprint density at radius 3 is 2.77 bits per heavy atom. The van der Waals surface area contributed by atoms with Crippen LogP contribution in [0.5, 0.6) is 0 Å².